The summed E-state index contributed by atoms with van der Waals surface area (Å²) in [6.45, 7) is 10.3. The lowest BCUT2D eigenvalue weighted by molar-refractivity contribution is -0.120. The summed E-state index contributed by atoms with van der Waals surface area (Å²) in [5, 5.41) is 3.91. The van der Waals surface area contributed by atoms with Gasteiger partial charge in [0.25, 0.3) is 0 Å². The highest BCUT2D eigenvalue weighted by Crippen LogP contribution is 2.29. The number of hydrogen-bond acceptors (Lipinski definition) is 4. The van der Waals surface area contributed by atoms with Gasteiger partial charge in [0.1, 0.15) is 5.58 Å². The van der Waals surface area contributed by atoms with Crippen molar-refractivity contribution < 1.29 is 17.6 Å². The Hall–Kier alpha value is -2.64. The number of furan rings is 1. The first-order valence-corrected chi connectivity index (χ1v) is 12.5. The Kier molecular flexibility index (Phi) is 7.41. The molecule has 32 heavy (non-hydrogen) atoms. The lowest BCUT2D eigenvalue weighted by atomic mass is 9.95. The molecule has 0 aliphatic heterocycles. The zero-order valence-electron chi connectivity index (χ0n) is 19.4. The highest BCUT2D eigenvalue weighted by Gasteiger charge is 2.15. The molecule has 0 fully saturated rings. The van der Waals surface area contributed by atoms with Crippen LogP contribution in [0.15, 0.2) is 47.1 Å². The van der Waals surface area contributed by atoms with E-state index in [1.165, 1.54) is 11.1 Å². The van der Waals surface area contributed by atoms with Crippen molar-refractivity contribution in [1.82, 2.24) is 10.0 Å². The average molecular weight is 457 g/mol. The standard InChI is InChI=1S/C25H32N2O4S/c1-16(2)22-12-23-21(14-31-24(23)10-18(22)5)11-25(28)26-13-19-6-8-20(9-7-19)15-32(29,30)27-17(3)4/h6-10,12,14,16-17,27H,11,13,15H2,1-5H3,(H,26,28). The third-order valence-corrected chi connectivity index (χ3v) is 6.84. The minimum absolute atomic E-state index is 0.0662. The minimum Gasteiger partial charge on any atom is -0.464 e. The van der Waals surface area contributed by atoms with Crippen molar-refractivity contribution in [2.24, 2.45) is 0 Å². The number of fused-ring (bicyclic) bond motifs is 1. The van der Waals surface area contributed by atoms with Crippen LogP contribution in [0.25, 0.3) is 11.0 Å². The van der Waals surface area contributed by atoms with Gasteiger partial charge in [0.05, 0.1) is 18.4 Å². The molecule has 1 heterocycles. The minimum atomic E-state index is -3.36. The molecule has 0 bridgehead atoms. The van der Waals surface area contributed by atoms with E-state index < -0.39 is 10.0 Å². The zero-order chi connectivity index (χ0) is 23.5. The van der Waals surface area contributed by atoms with Gasteiger partial charge >= 0.3 is 0 Å². The van der Waals surface area contributed by atoms with Crippen LogP contribution in [0.5, 0.6) is 0 Å². The van der Waals surface area contributed by atoms with Crippen molar-refractivity contribution in [3.05, 3.63) is 70.5 Å². The first-order chi connectivity index (χ1) is 15.0. The quantitative estimate of drug-likeness (QED) is 0.494. The van der Waals surface area contributed by atoms with Gasteiger partial charge in [0.15, 0.2) is 0 Å². The summed E-state index contributed by atoms with van der Waals surface area (Å²) in [6.07, 6.45) is 1.90. The molecule has 2 N–H and O–H groups in total. The Labute approximate surface area is 190 Å². The number of carbonyl (C=O) groups excluding carboxylic acids is 1. The van der Waals surface area contributed by atoms with Crippen molar-refractivity contribution in [1.29, 1.82) is 0 Å². The molecule has 7 heteroatoms. The highest BCUT2D eigenvalue weighted by atomic mass is 32.2. The summed E-state index contributed by atoms with van der Waals surface area (Å²) in [4.78, 5) is 12.5. The van der Waals surface area contributed by atoms with Crippen LogP contribution in [0.1, 0.15) is 61.4 Å². The average Bonchev–Trinajstić information content (AvgIpc) is 3.06. The molecule has 0 aliphatic rings. The lowest BCUT2D eigenvalue weighted by Crippen LogP contribution is -2.31. The molecule has 6 nitrogen and oxygen atoms in total. The van der Waals surface area contributed by atoms with Gasteiger partial charge in [-0.1, -0.05) is 38.1 Å². The molecule has 0 atom stereocenters. The zero-order valence-corrected chi connectivity index (χ0v) is 20.2. The van der Waals surface area contributed by atoms with Crippen LogP contribution in [-0.4, -0.2) is 20.4 Å². The van der Waals surface area contributed by atoms with E-state index in [4.69, 9.17) is 4.42 Å². The SMILES string of the molecule is Cc1cc2occ(CC(=O)NCc3ccc(CS(=O)(=O)NC(C)C)cc3)c2cc1C(C)C. The maximum atomic E-state index is 12.5. The second-order valence-corrected chi connectivity index (χ2v) is 10.7. The van der Waals surface area contributed by atoms with Crippen LogP contribution in [0.4, 0.5) is 0 Å². The maximum Gasteiger partial charge on any atom is 0.224 e. The Morgan fingerprint density at radius 2 is 1.69 bits per heavy atom. The van der Waals surface area contributed by atoms with Crippen molar-refractivity contribution >= 4 is 26.9 Å². The molecule has 1 aromatic heterocycles. The Morgan fingerprint density at radius 3 is 2.31 bits per heavy atom. The van der Waals surface area contributed by atoms with Crippen molar-refractivity contribution in [2.45, 2.75) is 65.3 Å². The Balaban J connectivity index is 1.60. The fraction of sp³-hybridized carbons (Fsp3) is 0.400. The second-order valence-electron chi connectivity index (χ2n) is 8.92. The van der Waals surface area contributed by atoms with Crippen LogP contribution in [0.2, 0.25) is 0 Å². The molecule has 0 unspecified atom stereocenters. The first kappa shape index (κ1) is 24.0. The molecule has 0 spiro atoms. The summed E-state index contributed by atoms with van der Waals surface area (Å²) >= 11 is 0. The van der Waals surface area contributed by atoms with Gasteiger partial charge in [0, 0.05) is 23.5 Å². The van der Waals surface area contributed by atoms with E-state index in [2.05, 4.69) is 36.9 Å². The molecule has 0 aliphatic carbocycles. The van der Waals surface area contributed by atoms with E-state index in [1.54, 1.807) is 32.2 Å². The van der Waals surface area contributed by atoms with E-state index in [9.17, 15) is 13.2 Å². The largest absolute Gasteiger partial charge is 0.464 e. The van der Waals surface area contributed by atoms with Gasteiger partial charge in [0.2, 0.25) is 15.9 Å². The summed E-state index contributed by atoms with van der Waals surface area (Å²) < 4.78 is 32.4. The number of nitrogens with one attached hydrogen (secondary N) is 2. The van der Waals surface area contributed by atoms with E-state index in [-0.39, 0.29) is 24.1 Å². The Bertz CT molecular complexity index is 1190. The van der Waals surface area contributed by atoms with E-state index in [1.807, 2.05) is 18.2 Å². The number of aryl methyl sites for hydroxylation is 1. The van der Waals surface area contributed by atoms with Gasteiger partial charge < -0.3 is 9.73 Å². The topological polar surface area (TPSA) is 88.4 Å². The summed E-state index contributed by atoms with van der Waals surface area (Å²) in [7, 11) is -3.36. The normalized spacial score (nSPS) is 12.1. The fourth-order valence-electron chi connectivity index (χ4n) is 3.81. The number of amides is 1. The summed E-state index contributed by atoms with van der Waals surface area (Å²) in [5.41, 5.74) is 5.73. The molecular weight excluding hydrogens is 424 g/mol. The van der Waals surface area contributed by atoms with Crippen molar-refractivity contribution in [3.8, 4) is 0 Å². The number of sulfonamides is 1. The van der Waals surface area contributed by atoms with Crippen LogP contribution in [0, 0.1) is 6.92 Å². The first-order valence-electron chi connectivity index (χ1n) is 10.9. The Morgan fingerprint density at radius 1 is 1.03 bits per heavy atom. The lowest BCUT2D eigenvalue weighted by Gasteiger charge is -2.10. The smallest absolute Gasteiger partial charge is 0.224 e. The number of carbonyl (C=O) groups is 1. The van der Waals surface area contributed by atoms with Crippen LogP contribution in [-0.2, 0) is 33.5 Å². The predicted molar refractivity (Wildman–Crippen MR) is 128 cm³/mol. The van der Waals surface area contributed by atoms with Crippen LogP contribution in [0.3, 0.4) is 0 Å². The van der Waals surface area contributed by atoms with Crippen LogP contribution >= 0.6 is 0 Å². The van der Waals surface area contributed by atoms with E-state index in [0.29, 0.717) is 18.0 Å². The molecule has 1 amide bonds. The van der Waals surface area contributed by atoms with Gasteiger partial charge in [-0.15, -0.1) is 0 Å². The number of rotatable bonds is 9. The van der Waals surface area contributed by atoms with Crippen molar-refractivity contribution in [2.75, 3.05) is 0 Å². The van der Waals surface area contributed by atoms with Gasteiger partial charge in [-0.05, 0) is 61.1 Å². The highest BCUT2D eigenvalue weighted by molar-refractivity contribution is 7.88. The van der Waals surface area contributed by atoms with Gasteiger partial charge in [-0.2, -0.15) is 0 Å². The maximum absolute atomic E-state index is 12.5. The fourth-order valence-corrected chi connectivity index (χ4v) is 5.25. The molecular formula is C25H32N2O4S. The molecule has 172 valence electrons. The van der Waals surface area contributed by atoms with Gasteiger partial charge in [-0.25, -0.2) is 13.1 Å². The monoisotopic (exact) mass is 456 g/mol. The van der Waals surface area contributed by atoms with E-state index in [0.717, 1.165) is 22.1 Å². The summed E-state index contributed by atoms with van der Waals surface area (Å²) in [6, 6.07) is 11.3. The molecule has 0 saturated carbocycles. The van der Waals surface area contributed by atoms with Gasteiger partial charge in [-0.3, -0.25) is 4.79 Å². The van der Waals surface area contributed by atoms with E-state index >= 15 is 0 Å². The third kappa shape index (κ3) is 6.20. The number of benzene rings is 2. The summed E-state index contributed by atoms with van der Waals surface area (Å²) in [5.74, 6) is 0.241. The predicted octanol–water partition coefficient (Wildman–Crippen LogP) is 4.55. The molecule has 0 saturated heterocycles. The third-order valence-electron chi connectivity index (χ3n) is 5.30. The molecule has 3 rings (SSSR count). The number of hydrogen-bond donors (Lipinski definition) is 2. The molecule has 2 aromatic carbocycles. The van der Waals surface area contributed by atoms with Crippen LogP contribution < -0.4 is 10.0 Å². The van der Waals surface area contributed by atoms with Crippen molar-refractivity contribution in [3.63, 3.8) is 0 Å². The molecule has 0 radical (unpaired) electrons. The molecule has 3 aromatic rings. The second kappa shape index (κ2) is 9.88.